The number of unbranched alkanes of at least 4 members (excludes halogenated alkanes) is 33. The minimum Gasteiger partial charge on any atom is -0.756 e. The van der Waals surface area contributed by atoms with Gasteiger partial charge in [0, 0.05) is 12.8 Å². The third-order valence-electron chi connectivity index (χ3n) is 14.4. The van der Waals surface area contributed by atoms with Gasteiger partial charge in [0.05, 0.1) is 33.8 Å². The number of likely N-dealkylation sites (N-methyl/N-ethyl adjacent to an activating group) is 1. The van der Waals surface area contributed by atoms with E-state index in [1.165, 1.54) is 173 Å². The zero-order chi connectivity index (χ0) is 57.2. The van der Waals surface area contributed by atoms with E-state index in [0.29, 0.717) is 23.9 Å². The first-order chi connectivity index (χ1) is 37.9. The van der Waals surface area contributed by atoms with Gasteiger partial charge in [-0.3, -0.25) is 14.2 Å². The summed E-state index contributed by atoms with van der Waals surface area (Å²) in [7, 11) is 1.17. The average Bonchev–Trinajstić information content (AvgIpc) is 3.40. The Labute approximate surface area is 483 Å². The molecule has 0 radical (unpaired) electrons. The van der Waals surface area contributed by atoms with Crippen LogP contribution < -0.4 is 10.2 Å². The van der Waals surface area contributed by atoms with Gasteiger partial charge < -0.3 is 28.5 Å². The second kappa shape index (κ2) is 57.7. The third kappa shape index (κ3) is 58.1. The minimum absolute atomic E-state index is 0.0268. The van der Waals surface area contributed by atoms with E-state index < -0.39 is 26.6 Å². The van der Waals surface area contributed by atoms with Crippen LogP contribution in [0.15, 0.2) is 72.9 Å². The number of phosphoric ester groups is 1. The molecule has 0 aromatic carbocycles. The highest BCUT2D eigenvalue weighted by molar-refractivity contribution is 7.45. The molecule has 0 spiro atoms. The molecule has 10 heteroatoms. The summed E-state index contributed by atoms with van der Waals surface area (Å²) in [5, 5.41) is 3.03. The number of nitrogens with zero attached hydrogens (tertiary/aromatic N) is 1. The Hall–Kier alpha value is -2.55. The van der Waals surface area contributed by atoms with E-state index in [0.717, 1.165) is 83.5 Å². The summed E-state index contributed by atoms with van der Waals surface area (Å²) in [4.78, 5) is 40.1. The lowest BCUT2D eigenvalue weighted by atomic mass is 10.0. The number of nitrogens with one attached hydrogen (secondary N) is 1. The zero-order valence-corrected chi connectivity index (χ0v) is 52.8. The predicted octanol–water partition coefficient (Wildman–Crippen LogP) is 19.8. The van der Waals surface area contributed by atoms with Crippen LogP contribution in [-0.4, -0.2) is 69.4 Å². The van der Waals surface area contributed by atoms with Gasteiger partial charge in [-0.1, -0.05) is 255 Å². The number of ether oxygens (including phenoxy) is 1. The number of carbonyl (C=O) groups excluding carboxylic acids is 2. The molecule has 9 nitrogen and oxygen atoms in total. The molecule has 1 N–H and O–H groups in total. The van der Waals surface area contributed by atoms with Crippen molar-refractivity contribution >= 4 is 19.7 Å². The topological polar surface area (TPSA) is 114 Å². The Kier molecular flexibility index (Phi) is 55.8. The lowest BCUT2D eigenvalue weighted by Crippen LogP contribution is -2.47. The summed E-state index contributed by atoms with van der Waals surface area (Å²) in [5.74, 6) is -0.553. The molecule has 454 valence electrons. The number of carbonyl (C=O) groups is 2. The number of rotatable bonds is 59. The van der Waals surface area contributed by atoms with Crippen LogP contribution in [-0.2, 0) is 27.9 Å². The van der Waals surface area contributed by atoms with Crippen molar-refractivity contribution in [3.63, 3.8) is 0 Å². The van der Waals surface area contributed by atoms with E-state index in [1.54, 1.807) is 0 Å². The number of hydrogen-bond acceptors (Lipinski definition) is 7. The summed E-state index contributed by atoms with van der Waals surface area (Å²) < 4.78 is 30.4. The molecular weight excluding hydrogens is 988 g/mol. The zero-order valence-electron chi connectivity index (χ0n) is 51.9. The summed E-state index contributed by atoms with van der Waals surface area (Å²) >= 11 is 0. The van der Waals surface area contributed by atoms with Gasteiger partial charge in [0.25, 0.3) is 7.82 Å². The van der Waals surface area contributed by atoms with Crippen molar-refractivity contribution in [1.29, 1.82) is 0 Å². The van der Waals surface area contributed by atoms with Gasteiger partial charge in [0.15, 0.2) is 0 Å². The third-order valence-corrected chi connectivity index (χ3v) is 15.3. The van der Waals surface area contributed by atoms with Crippen molar-refractivity contribution in [2.75, 3.05) is 40.9 Å². The van der Waals surface area contributed by atoms with Gasteiger partial charge in [-0.05, 0) is 102 Å². The number of hydrogen-bond donors (Lipinski definition) is 1. The molecule has 78 heavy (non-hydrogen) atoms. The van der Waals surface area contributed by atoms with Gasteiger partial charge in [-0.25, -0.2) is 0 Å². The first kappa shape index (κ1) is 75.5. The van der Waals surface area contributed by atoms with E-state index >= 15 is 0 Å². The van der Waals surface area contributed by atoms with E-state index in [2.05, 4.69) is 86.8 Å². The predicted molar refractivity (Wildman–Crippen MR) is 335 cm³/mol. The summed E-state index contributed by atoms with van der Waals surface area (Å²) in [6.45, 7) is 6.80. The van der Waals surface area contributed by atoms with E-state index in [-0.39, 0.29) is 24.9 Å². The molecule has 0 aliphatic rings. The molecule has 0 fully saturated rings. The molecule has 0 bridgehead atoms. The monoisotopic (exact) mass is 1110 g/mol. The summed E-state index contributed by atoms with van der Waals surface area (Å²) in [6.07, 6.45) is 74.3. The fourth-order valence-corrected chi connectivity index (χ4v) is 9.99. The molecule has 0 heterocycles. The minimum atomic E-state index is -4.71. The van der Waals surface area contributed by atoms with Crippen LogP contribution in [0.2, 0.25) is 0 Å². The van der Waals surface area contributed by atoms with Crippen molar-refractivity contribution in [2.45, 2.75) is 309 Å². The normalized spacial score (nSPS) is 14.1. The van der Waals surface area contributed by atoms with Gasteiger partial charge in [0.1, 0.15) is 19.3 Å². The van der Waals surface area contributed by atoms with Crippen LogP contribution in [0, 0.1) is 0 Å². The number of esters is 1. The lowest BCUT2D eigenvalue weighted by molar-refractivity contribution is -0.870. The van der Waals surface area contributed by atoms with Gasteiger partial charge >= 0.3 is 5.97 Å². The maximum Gasteiger partial charge on any atom is 0.306 e. The molecule has 0 aliphatic carbocycles. The lowest BCUT2D eigenvalue weighted by Gasteiger charge is -2.30. The SMILES string of the molecule is CCCCC/C=C\C/C=C\C/C=C\CCCCCCCCC(=O)OC(/C=C/CCCCCCCCCCCC)C(COP(=O)([O-])OCC[N+](C)(C)C)NC(=O)CCCCCCCCCCCCC/C=C\C/C=C\CCCCC. The highest BCUT2D eigenvalue weighted by atomic mass is 31.2. The molecule has 0 saturated carbocycles. The fraction of sp³-hybridized carbons (Fsp3) is 0.794. The largest absolute Gasteiger partial charge is 0.756 e. The van der Waals surface area contributed by atoms with Crippen molar-refractivity contribution in [2.24, 2.45) is 0 Å². The molecule has 0 aromatic rings. The van der Waals surface area contributed by atoms with Gasteiger partial charge in [0.2, 0.25) is 5.91 Å². The molecule has 0 aromatic heterocycles. The number of allylic oxidation sites excluding steroid dienone is 11. The second-order valence-electron chi connectivity index (χ2n) is 23.3. The molecule has 3 atom stereocenters. The fourth-order valence-electron chi connectivity index (χ4n) is 9.27. The van der Waals surface area contributed by atoms with E-state index in [1.807, 2.05) is 33.3 Å². The Balaban J connectivity index is 5.21. The molecular formula is C68H125N2O7P. The maximum absolute atomic E-state index is 13.6. The first-order valence-corrected chi connectivity index (χ1v) is 34.2. The second-order valence-corrected chi connectivity index (χ2v) is 24.7. The average molecular weight is 1110 g/mol. The van der Waals surface area contributed by atoms with Crippen LogP contribution in [0.4, 0.5) is 0 Å². The van der Waals surface area contributed by atoms with Gasteiger partial charge in [-0.2, -0.15) is 0 Å². The van der Waals surface area contributed by atoms with Crippen LogP contribution in [0.25, 0.3) is 0 Å². The highest BCUT2D eigenvalue weighted by Crippen LogP contribution is 2.38. The standard InChI is InChI=1S/C68H125N2O7P/c1-7-10-13-16-19-22-25-28-30-32-34-35-37-38-40-42-45-48-51-54-57-60-67(71)69-65(64-76-78(73,74)75-63-62-70(4,5)6)66(59-56-53-50-47-44-27-24-21-18-15-12-9-3)77-68(72)61-58-55-52-49-46-43-41-39-36-33-31-29-26-23-20-17-14-11-8-2/h19-20,22-23,28-31,36,39,56,59,65-66H,7-18,21,24-27,32-35,37-38,40-55,57-58,60-64H2,1-6H3,(H-,69,71,73,74)/b22-19-,23-20-,30-28-,31-29-,39-36-,59-56+. The molecule has 0 saturated heterocycles. The van der Waals surface area contributed by atoms with Crippen molar-refractivity contribution in [3.8, 4) is 0 Å². The molecule has 1 amide bonds. The molecule has 0 aliphatic heterocycles. The van der Waals surface area contributed by atoms with Crippen molar-refractivity contribution in [3.05, 3.63) is 72.9 Å². The van der Waals surface area contributed by atoms with Crippen molar-refractivity contribution in [1.82, 2.24) is 5.32 Å². The Bertz CT molecular complexity index is 1570. The number of quaternary nitrogens is 1. The maximum atomic E-state index is 13.6. The molecule has 3 unspecified atom stereocenters. The number of amides is 1. The summed E-state index contributed by atoms with van der Waals surface area (Å²) in [5.41, 5.74) is 0. The van der Waals surface area contributed by atoms with Gasteiger partial charge in [-0.15, -0.1) is 0 Å². The Morgan fingerprint density at radius 3 is 1.19 bits per heavy atom. The Morgan fingerprint density at radius 1 is 0.449 bits per heavy atom. The highest BCUT2D eigenvalue weighted by Gasteiger charge is 2.27. The Morgan fingerprint density at radius 2 is 0.782 bits per heavy atom. The van der Waals surface area contributed by atoms with E-state index in [9.17, 15) is 19.0 Å². The smallest absolute Gasteiger partial charge is 0.306 e. The summed E-state index contributed by atoms with van der Waals surface area (Å²) in [6, 6.07) is -0.897. The number of phosphoric acid groups is 1. The van der Waals surface area contributed by atoms with E-state index in [4.69, 9.17) is 13.8 Å². The molecule has 0 rings (SSSR count). The van der Waals surface area contributed by atoms with Crippen LogP contribution in [0.3, 0.4) is 0 Å². The van der Waals surface area contributed by atoms with Crippen molar-refractivity contribution < 1.29 is 37.3 Å². The van der Waals surface area contributed by atoms with Crippen LogP contribution in [0.5, 0.6) is 0 Å². The quantitative estimate of drug-likeness (QED) is 0.0212. The first-order valence-electron chi connectivity index (χ1n) is 32.7. The van der Waals surface area contributed by atoms with Crippen LogP contribution in [0.1, 0.15) is 297 Å². The van der Waals surface area contributed by atoms with Crippen LogP contribution >= 0.6 is 7.82 Å².